The molecule has 3 aromatic rings. The minimum absolute atomic E-state index is 0.0471. The predicted octanol–water partition coefficient (Wildman–Crippen LogP) is 8.50. The number of hydrogen-bond donors (Lipinski definition) is 0. The zero-order valence-electron chi connectivity index (χ0n) is 25.4. The van der Waals surface area contributed by atoms with E-state index in [1.165, 1.54) is 56.9 Å². The van der Waals surface area contributed by atoms with Crippen molar-refractivity contribution in [2.45, 2.75) is 61.4 Å². The number of hydrogen-bond acceptors (Lipinski definition) is 5. The Morgan fingerprint density at radius 1 is 0.878 bits per heavy atom. The molecule has 1 aliphatic rings. The van der Waals surface area contributed by atoms with Gasteiger partial charge in [0.05, 0.1) is 0 Å². The van der Waals surface area contributed by atoms with E-state index in [0.29, 0.717) is 0 Å². The second-order valence-corrected chi connectivity index (χ2v) is 16.7. The summed E-state index contributed by atoms with van der Waals surface area (Å²) in [6.07, 6.45) is 0. The SMILES string of the molecule is CC(C)N(C)c1ccc([N+](=O)[O-])cc1[CH]=[Ru]([Cl])[Cl].Cc1cc(C)c(N2[CH-]N(c3c(C)cc(C)cc3C)CC2)c(C)c1. The van der Waals surface area contributed by atoms with Crippen LogP contribution in [0.25, 0.3) is 0 Å². The van der Waals surface area contributed by atoms with E-state index >= 15 is 0 Å². The van der Waals surface area contributed by atoms with E-state index in [1.807, 2.05) is 25.8 Å². The molecule has 0 spiro atoms. The molecule has 0 saturated carbocycles. The monoisotopic (exact) mass is 685 g/mol. The van der Waals surface area contributed by atoms with Crippen molar-refractivity contribution in [3.8, 4) is 0 Å². The van der Waals surface area contributed by atoms with Gasteiger partial charge in [-0.1, -0.05) is 35.4 Å². The average molecular weight is 686 g/mol. The Labute approximate surface area is 258 Å². The number of rotatable bonds is 6. The Kier molecular flexibility index (Phi) is 11.4. The largest absolute Gasteiger partial charge is 0.502 e. The molecule has 0 aromatic heterocycles. The van der Waals surface area contributed by atoms with Gasteiger partial charge in [0.25, 0.3) is 0 Å². The van der Waals surface area contributed by atoms with Crippen molar-refractivity contribution in [2.24, 2.45) is 0 Å². The summed E-state index contributed by atoms with van der Waals surface area (Å²) in [4.78, 5) is 17.2. The van der Waals surface area contributed by atoms with Gasteiger partial charge in [-0.25, -0.2) is 0 Å². The molecule has 4 rings (SSSR count). The van der Waals surface area contributed by atoms with E-state index in [1.54, 1.807) is 10.7 Å². The third-order valence-electron chi connectivity index (χ3n) is 7.27. The number of aryl methyl sites for hydroxylation is 6. The maximum Gasteiger partial charge on any atom is 0.0146 e. The van der Waals surface area contributed by atoms with Gasteiger partial charge in [0, 0.05) is 24.5 Å². The first-order valence-electron chi connectivity index (χ1n) is 13.6. The number of halogens is 2. The fourth-order valence-electron chi connectivity index (χ4n) is 5.51. The van der Waals surface area contributed by atoms with Gasteiger partial charge in [-0.15, -0.1) is 0 Å². The Balaban J connectivity index is 0.000000233. The number of anilines is 3. The molecule has 1 aliphatic heterocycles. The van der Waals surface area contributed by atoms with Gasteiger partial charge in [0.1, 0.15) is 0 Å². The molecular formula is C32H41Cl2N4O2Ru-. The first-order valence-corrected chi connectivity index (χ1v) is 19.1. The van der Waals surface area contributed by atoms with Gasteiger partial charge in [0.2, 0.25) is 0 Å². The van der Waals surface area contributed by atoms with Gasteiger partial charge in [-0.3, -0.25) is 0 Å². The normalized spacial score (nSPS) is 13.2. The summed E-state index contributed by atoms with van der Waals surface area (Å²) in [5, 5.41) is 10.8. The zero-order valence-corrected chi connectivity index (χ0v) is 28.7. The summed E-state index contributed by atoms with van der Waals surface area (Å²) in [6, 6.07) is 14.1. The molecule has 0 N–H and O–H groups in total. The molecule has 224 valence electrons. The van der Waals surface area contributed by atoms with E-state index in [0.717, 1.165) is 24.3 Å². The molecule has 41 heavy (non-hydrogen) atoms. The summed E-state index contributed by atoms with van der Waals surface area (Å²) in [5.74, 6) is 0. The van der Waals surface area contributed by atoms with Gasteiger partial charge >= 0.3 is 120 Å². The van der Waals surface area contributed by atoms with Gasteiger partial charge < -0.3 is 9.80 Å². The second-order valence-electron chi connectivity index (χ2n) is 11.0. The van der Waals surface area contributed by atoms with Crippen molar-refractivity contribution in [1.82, 2.24) is 0 Å². The van der Waals surface area contributed by atoms with E-state index in [4.69, 9.17) is 19.4 Å². The summed E-state index contributed by atoms with van der Waals surface area (Å²) < 4.78 is 1.73. The molecule has 0 unspecified atom stereocenters. The third kappa shape index (κ3) is 8.31. The second kappa shape index (κ2) is 14.1. The Bertz CT molecular complexity index is 1340. The fraction of sp³-hybridized carbons (Fsp3) is 0.375. The van der Waals surface area contributed by atoms with Crippen LogP contribution in [0.15, 0.2) is 42.5 Å². The molecule has 6 nitrogen and oxygen atoms in total. The Hall–Kier alpha value is -2.47. The minimum atomic E-state index is -2.02. The standard InChI is InChI=1S/C21H27N2.C11H14N2O2.2ClH.Ru/c1-14-9-16(3)20(17(4)10-14)22-7-8-23(13-22)21-18(5)11-15(2)12-19(21)6;1-8(2)12(4)11-6-5-10(13(14)15)7-9(11)3;;;/h9-13H,7-8H2,1-6H3;3,5-8H,1-2,4H3;2*1H;/q-1;;;;+2/p-2. The summed E-state index contributed by atoms with van der Waals surface area (Å²) in [6.45, 7) is 21.7. The smallest absolute Gasteiger partial charge is 0.0146 e. The van der Waals surface area contributed by atoms with E-state index in [2.05, 4.69) is 82.3 Å². The van der Waals surface area contributed by atoms with Crippen molar-refractivity contribution in [1.29, 1.82) is 0 Å². The van der Waals surface area contributed by atoms with Crippen molar-refractivity contribution in [2.75, 3.05) is 34.8 Å². The van der Waals surface area contributed by atoms with E-state index in [9.17, 15) is 10.1 Å². The predicted molar refractivity (Wildman–Crippen MR) is 174 cm³/mol. The molecule has 0 atom stereocenters. The number of nitro groups is 1. The fourth-order valence-corrected chi connectivity index (χ4v) is 7.30. The van der Waals surface area contributed by atoms with Crippen LogP contribution < -0.4 is 14.7 Å². The molecule has 0 aliphatic carbocycles. The van der Waals surface area contributed by atoms with Gasteiger partial charge in [0.15, 0.2) is 0 Å². The molecule has 9 heteroatoms. The molecule has 0 amide bonds. The number of nitrogens with zero attached hydrogens (tertiary/aromatic N) is 4. The molecular weight excluding hydrogens is 644 g/mol. The van der Waals surface area contributed by atoms with Gasteiger partial charge in [-0.05, 0) is 63.8 Å². The van der Waals surface area contributed by atoms with Crippen LogP contribution in [0.2, 0.25) is 0 Å². The van der Waals surface area contributed by atoms with Crippen LogP contribution in [0.4, 0.5) is 22.7 Å². The van der Waals surface area contributed by atoms with Crippen molar-refractivity contribution in [3.05, 3.63) is 98.2 Å². The minimum Gasteiger partial charge on any atom is -0.502 e. The topological polar surface area (TPSA) is 52.9 Å². The van der Waals surface area contributed by atoms with Crippen molar-refractivity contribution < 1.29 is 18.4 Å². The van der Waals surface area contributed by atoms with Crippen LogP contribution in [0.1, 0.15) is 52.8 Å². The van der Waals surface area contributed by atoms with Crippen molar-refractivity contribution in [3.63, 3.8) is 0 Å². The maximum absolute atomic E-state index is 10.8. The molecule has 1 saturated heterocycles. The van der Waals surface area contributed by atoms with Gasteiger partial charge in [-0.2, -0.15) is 6.67 Å². The number of non-ortho nitro benzene ring substituents is 1. The van der Waals surface area contributed by atoms with Crippen LogP contribution in [-0.4, -0.2) is 35.7 Å². The third-order valence-corrected chi connectivity index (χ3v) is 9.10. The van der Waals surface area contributed by atoms with E-state index in [-0.39, 0.29) is 11.7 Å². The molecule has 0 radical (unpaired) electrons. The Morgan fingerprint density at radius 2 is 1.32 bits per heavy atom. The van der Waals surface area contributed by atoms with E-state index < -0.39 is 18.4 Å². The Morgan fingerprint density at radius 3 is 1.68 bits per heavy atom. The zero-order chi connectivity index (χ0) is 30.6. The van der Waals surface area contributed by atoms with Crippen LogP contribution in [0.3, 0.4) is 0 Å². The van der Waals surface area contributed by atoms with Crippen LogP contribution in [0.5, 0.6) is 0 Å². The molecule has 1 fully saturated rings. The number of benzene rings is 3. The van der Waals surface area contributed by atoms with Crippen LogP contribution >= 0.6 is 19.4 Å². The summed E-state index contributed by atoms with van der Waals surface area (Å²) >= 11 is -2.02. The molecule has 3 aromatic carbocycles. The van der Waals surface area contributed by atoms with Crippen LogP contribution in [0, 0.1) is 58.3 Å². The molecule has 1 heterocycles. The average Bonchev–Trinajstić information content (AvgIpc) is 3.31. The molecule has 0 bridgehead atoms. The first-order chi connectivity index (χ1) is 19.2. The number of nitro benzene ring substituents is 1. The van der Waals surface area contributed by atoms with Crippen LogP contribution in [-0.2, 0) is 13.5 Å². The summed E-state index contributed by atoms with van der Waals surface area (Å²) in [7, 11) is 13.7. The summed E-state index contributed by atoms with van der Waals surface area (Å²) in [5.41, 5.74) is 12.5. The maximum atomic E-state index is 10.8. The first kappa shape index (κ1) is 33.0. The quantitative estimate of drug-likeness (QED) is 0.113. The van der Waals surface area contributed by atoms with Crippen molar-refractivity contribution >= 4 is 46.7 Å².